The first-order valence-corrected chi connectivity index (χ1v) is 7.17. The van der Waals surface area contributed by atoms with E-state index in [-0.39, 0.29) is 18.3 Å². The number of piperidine rings is 1. The second kappa shape index (κ2) is 8.45. The Hall–Kier alpha value is -0.840. The zero-order valence-corrected chi connectivity index (χ0v) is 12.9. The molecule has 0 aromatic heterocycles. The number of fused-ring (bicyclic) bond motifs is 1. The minimum absolute atomic E-state index is 0. The third-order valence-electron chi connectivity index (χ3n) is 4.20. The van der Waals surface area contributed by atoms with E-state index < -0.39 is 0 Å². The molecule has 0 radical (unpaired) electrons. The highest BCUT2D eigenvalue weighted by atomic mass is 35.5. The van der Waals surface area contributed by atoms with Gasteiger partial charge in [-0.15, -0.1) is 25.6 Å². The molecule has 0 aromatic carbocycles. The lowest BCUT2D eigenvalue weighted by Crippen LogP contribution is -2.46. The molecule has 1 N–H and O–H groups in total. The van der Waals surface area contributed by atoms with Gasteiger partial charge >= 0.3 is 0 Å². The standard InChI is InChI=1S/C15H25N3O.ClH/c1-3-6-18(7-4-2)15(19)12-17-8-5-13-9-16-10-14(13)11-17;/h3-4,13-14,16H,1-2,5-12H2;1H. The monoisotopic (exact) mass is 299 g/mol. The zero-order valence-electron chi connectivity index (χ0n) is 12.1. The van der Waals surface area contributed by atoms with Gasteiger partial charge in [0.05, 0.1) is 6.54 Å². The maximum absolute atomic E-state index is 12.3. The molecule has 1 amide bonds. The van der Waals surface area contributed by atoms with Crippen molar-refractivity contribution >= 4 is 18.3 Å². The first-order chi connectivity index (χ1) is 9.24. The molecule has 2 unspecified atom stereocenters. The average molecular weight is 300 g/mol. The average Bonchev–Trinajstić information content (AvgIpc) is 2.86. The molecular formula is C15H26ClN3O. The van der Waals surface area contributed by atoms with Gasteiger partial charge in [-0.25, -0.2) is 0 Å². The van der Waals surface area contributed by atoms with Crippen molar-refractivity contribution in [3.63, 3.8) is 0 Å². The quantitative estimate of drug-likeness (QED) is 0.748. The molecule has 2 atom stereocenters. The number of halogens is 1. The summed E-state index contributed by atoms with van der Waals surface area (Å²) in [6.45, 7) is 13.5. The Morgan fingerprint density at radius 2 is 1.90 bits per heavy atom. The number of carbonyl (C=O) groups excluding carboxylic acids is 1. The van der Waals surface area contributed by atoms with Gasteiger partial charge in [0.1, 0.15) is 0 Å². The molecule has 20 heavy (non-hydrogen) atoms. The third kappa shape index (κ3) is 4.33. The van der Waals surface area contributed by atoms with Crippen molar-refractivity contribution in [2.24, 2.45) is 11.8 Å². The first kappa shape index (κ1) is 17.2. The lowest BCUT2D eigenvalue weighted by atomic mass is 9.89. The largest absolute Gasteiger partial charge is 0.334 e. The number of hydrogen-bond acceptors (Lipinski definition) is 3. The smallest absolute Gasteiger partial charge is 0.237 e. The minimum atomic E-state index is 0. The van der Waals surface area contributed by atoms with Crippen LogP contribution in [0.25, 0.3) is 0 Å². The fraction of sp³-hybridized carbons (Fsp3) is 0.667. The van der Waals surface area contributed by atoms with Crippen LogP contribution in [0.2, 0.25) is 0 Å². The summed E-state index contributed by atoms with van der Waals surface area (Å²) in [5.41, 5.74) is 0. The Balaban J connectivity index is 0.00000200. The van der Waals surface area contributed by atoms with Crippen molar-refractivity contribution in [1.29, 1.82) is 0 Å². The van der Waals surface area contributed by atoms with Crippen LogP contribution < -0.4 is 5.32 Å². The van der Waals surface area contributed by atoms with Crippen molar-refractivity contribution < 1.29 is 4.79 Å². The van der Waals surface area contributed by atoms with E-state index in [0.29, 0.717) is 19.6 Å². The predicted octanol–water partition coefficient (Wildman–Crippen LogP) is 1.15. The van der Waals surface area contributed by atoms with Gasteiger partial charge < -0.3 is 10.2 Å². The SMILES string of the molecule is C=CCN(CC=C)C(=O)CN1CCC2CNCC2C1.Cl. The van der Waals surface area contributed by atoms with Crippen LogP contribution in [0.15, 0.2) is 25.3 Å². The first-order valence-electron chi connectivity index (χ1n) is 7.17. The molecule has 0 spiro atoms. The number of likely N-dealkylation sites (tertiary alicyclic amines) is 1. The van der Waals surface area contributed by atoms with E-state index >= 15 is 0 Å². The van der Waals surface area contributed by atoms with Gasteiger partial charge in [0.25, 0.3) is 0 Å². The van der Waals surface area contributed by atoms with Crippen LogP contribution in [-0.4, -0.2) is 61.5 Å². The van der Waals surface area contributed by atoms with E-state index in [1.165, 1.54) is 6.42 Å². The molecule has 2 saturated heterocycles. The summed E-state index contributed by atoms with van der Waals surface area (Å²) in [5.74, 6) is 1.74. The summed E-state index contributed by atoms with van der Waals surface area (Å²) in [7, 11) is 0. The fourth-order valence-corrected chi connectivity index (χ4v) is 3.13. The van der Waals surface area contributed by atoms with Crippen LogP contribution >= 0.6 is 12.4 Å². The highest BCUT2D eigenvalue weighted by Crippen LogP contribution is 2.26. The number of nitrogens with one attached hydrogen (secondary N) is 1. The molecule has 4 nitrogen and oxygen atoms in total. The van der Waals surface area contributed by atoms with Gasteiger partial charge in [0, 0.05) is 19.6 Å². The lowest BCUT2D eigenvalue weighted by Gasteiger charge is -2.35. The van der Waals surface area contributed by atoms with Crippen molar-refractivity contribution in [2.45, 2.75) is 6.42 Å². The number of hydrogen-bond donors (Lipinski definition) is 1. The van der Waals surface area contributed by atoms with Crippen LogP contribution in [0, 0.1) is 11.8 Å². The van der Waals surface area contributed by atoms with Crippen molar-refractivity contribution in [2.75, 3.05) is 45.8 Å². The molecule has 5 heteroatoms. The van der Waals surface area contributed by atoms with E-state index in [4.69, 9.17) is 0 Å². The highest BCUT2D eigenvalue weighted by molar-refractivity contribution is 5.85. The number of rotatable bonds is 6. The second-order valence-electron chi connectivity index (χ2n) is 5.58. The van der Waals surface area contributed by atoms with Gasteiger partial charge in [-0.05, 0) is 37.9 Å². The van der Waals surface area contributed by atoms with Crippen LogP contribution in [-0.2, 0) is 4.79 Å². The topological polar surface area (TPSA) is 35.6 Å². The van der Waals surface area contributed by atoms with Crippen LogP contribution in [0.1, 0.15) is 6.42 Å². The van der Waals surface area contributed by atoms with Gasteiger partial charge in [-0.1, -0.05) is 12.2 Å². The Kier molecular flexibility index (Phi) is 7.27. The van der Waals surface area contributed by atoms with Crippen molar-refractivity contribution in [3.8, 4) is 0 Å². The molecule has 2 aliphatic rings. The Bertz CT molecular complexity index is 338. The predicted molar refractivity (Wildman–Crippen MR) is 85.1 cm³/mol. The summed E-state index contributed by atoms with van der Waals surface area (Å²) in [4.78, 5) is 16.4. The van der Waals surface area contributed by atoms with Gasteiger partial charge in [-0.3, -0.25) is 9.69 Å². The van der Waals surface area contributed by atoms with Crippen LogP contribution in [0.3, 0.4) is 0 Å². The summed E-state index contributed by atoms with van der Waals surface area (Å²) >= 11 is 0. The molecule has 2 aliphatic heterocycles. The normalized spacial score (nSPS) is 25.4. The van der Waals surface area contributed by atoms with E-state index in [9.17, 15) is 4.79 Å². The number of amides is 1. The Morgan fingerprint density at radius 1 is 1.25 bits per heavy atom. The summed E-state index contributed by atoms with van der Waals surface area (Å²) in [6, 6.07) is 0. The molecule has 2 rings (SSSR count). The fourth-order valence-electron chi connectivity index (χ4n) is 3.13. The maximum atomic E-state index is 12.3. The molecule has 114 valence electrons. The molecule has 0 aliphatic carbocycles. The van der Waals surface area contributed by atoms with Gasteiger partial charge in [0.15, 0.2) is 0 Å². The third-order valence-corrected chi connectivity index (χ3v) is 4.20. The second-order valence-corrected chi connectivity index (χ2v) is 5.58. The van der Waals surface area contributed by atoms with Crippen LogP contribution in [0.4, 0.5) is 0 Å². The summed E-state index contributed by atoms with van der Waals surface area (Å²) in [6.07, 6.45) is 4.76. The Labute approximate surface area is 128 Å². The Morgan fingerprint density at radius 3 is 2.55 bits per heavy atom. The molecule has 0 aromatic rings. The van der Waals surface area contributed by atoms with E-state index in [0.717, 1.165) is 38.0 Å². The molecular weight excluding hydrogens is 274 g/mol. The molecule has 0 saturated carbocycles. The number of carbonyl (C=O) groups is 1. The zero-order chi connectivity index (χ0) is 13.7. The van der Waals surface area contributed by atoms with Gasteiger partial charge in [-0.2, -0.15) is 0 Å². The van der Waals surface area contributed by atoms with E-state index in [2.05, 4.69) is 23.4 Å². The summed E-state index contributed by atoms with van der Waals surface area (Å²) in [5, 5.41) is 3.45. The number of nitrogens with zero attached hydrogens (tertiary/aromatic N) is 2. The van der Waals surface area contributed by atoms with E-state index in [1.54, 1.807) is 17.1 Å². The van der Waals surface area contributed by atoms with Crippen molar-refractivity contribution in [3.05, 3.63) is 25.3 Å². The van der Waals surface area contributed by atoms with Crippen molar-refractivity contribution in [1.82, 2.24) is 15.1 Å². The van der Waals surface area contributed by atoms with Gasteiger partial charge in [0.2, 0.25) is 5.91 Å². The molecule has 2 heterocycles. The molecule has 2 fully saturated rings. The van der Waals surface area contributed by atoms with E-state index in [1.807, 2.05) is 0 Å². The maximum Gasteiger partial charge on any atom is 0.237 e. The minimum Gasteiger partial charge on any atom is -0.334 e. The van der Waals surface area contributed by atoms with Crippen LogP contribution in [0.5, 0.6) is 0 Å². The lowest BCUT2D eigenvalue weighted by molar-refractivity contribution is -0.131. The summed E-state index contributed by atoms with van der Waals surface area (Å²) < 4.78 is 0. The molecule has 0 bridgehead atoms. The highest BCUT2D eigenvalue weighted by Gasteiger charge is 2.33.